The average molecular weight is 378 g/mol. The molecule has 3 aromatic heterocycles. The number of hydrogen-bond donors (Lipinski definition) is 0. The van der Waals surface area contributed by atoms with Gasteiger partial charge in [-0.3, -0.25) is 4.68 Å². The number of nitrogens with zero attached hydrogens (tertiary/aromatic N) is 6. The molecule has 1 aliphatic heterocycles. The van der Waals surface area contributed by atoms with Crippen molar-refractivity contribution in [2.75, 3.05) is 13.1 Å². The highest BCUT2D eigenvalue weighted by Gasteiger charge is 2.33. The molecule has 8 nitrogen and oxygen atoms in total. The van der Waals surface area contributed by atoms with Crippen LogP contribution in [-0.4, -0.2) is 50.2 Å². The van der Waals surface area contributed by atoms with E-state index in [4.69, 9.17) is 0 Å². The summed E-state index contributed by atoms with van der Waals surface area (Å²) < 4.78 is 44.6. The molecule has 0 spiro atoms. The molecule has 26 heavy (non-hydrogen) atoms. The maximum Gasteiger partial charge on any atom is 0.246 e. The fourth-order valence-electron chi connectivity index (χ4n) is 3.43. The number of rotatable bonds is 3. The van der Waals surface area contributed by atoms with Crippen molar-refractivity contribution in [2.24, 2.45) is 7.05 Å². The van der Waals surface area contributed by atoms with Gasteiger partial charge in [-0.15, -0.1) is 0 Å². The number of pyridine rings is 1. The number of aromatic nitrogens is 5. The highest BCUT2D eigenvalue weighted by molar-refractivity contribution is 7.89. The molecule has 3 aromatic rings. The predicted molar refractivity (Wildman–Crippen MR) is 91.6 cm³/mol. The Morgan fingerprint density at radius 2 is 1.96 bits per heavy atom. The molecule has 0 amide bonds. The SMILES string of the molecule is Cc1c(S(=O)(=O)N2CCC(c3cn4ncnc4cc3F)CC2)cnn1C. The van der Waals surface area contributed by atoms with Crippen LogP contribution < -0.4 is 0 Å². The molecule has 0 unspecified atom stereocenters. The van der Waals surface area contributed by atoms with Crippen LogP contribution in [0.1, 0.15) is 30.0 Å². The van der Waals surface area contributed by atoms with Crippen molar-refractivity contribution >= 4 is 15.7 Å². The van der Waals surface area contributed by atoms with Crippen molar-refractivity contribution < 1.29 is 12.8 Å². The van der Waals surface area contributed by atoms with Crippen LogP contribution in [-0.2, 0) is 17.1 Å². The van der Waals surface area contributed by atoms with Crippen molar-refractivity contribution in [3.8, 4) is 0 Å². The van der Waals surface area contributed by atoms with Gasteiger partial charge in [0, 0.05) is 38.0 Å². The summed E-state index contributed by atoms with van der Waals surface area (Å²) in [4.78, 5) is 4.20. The number of sulfonamides is 1. The lowest BCUT2D eigenvalue weighted by Gasteiger charge is -2.31. The van der Waals surface area contributed by atoms with E-state index in [2.05, 4.69) is 15.2 Å². The Hall–Kier alpha value is -2.33. The van der Waals surface area contributed by atoms with Gasteiger partial charge in [0.15, 0.2) is 5.65 Å². The number of aryl methyl sites for hydroxylation is 1. The first kappa shape index (κ1) is 17.1. The Kier molecular flexibility index (Phi) is 4.03. The Bertz CT molecular complexity index is 1070. The smallest absolute Gasteiger partial charge is 0.246 e. The van der Waals surface area contributed by atoms with Gasteiger partial charge in [0.2, 0.25) is 10.0 Å². The third kappa shape index (κ3) is 2.69. The van der Waals surface area contributed by atoms with Crippen molar-refractivity contribution in [3.05, 3.63) is 41.9 Å². The fourth-order valence-corrected chi connectivity index (χ4v) is 5.09. The third-order valence-corrected chi connectivity index (χ3v) is 7.10. The highest BCUT2D eigenvalue weighted by Crippen LogP contribution is 2.32. The first-order chi connectivity index (χ1) is 12.4. The standard InChI is InChI=1S/C16H19FN6O2S/c1-11-15(8-19-21(11)2)26(24,25)22-5-3-12(4-6-22)13-9-23-16(7-14(13)17)18-10-20-23/h7-10,12H,3-6H2,1-2H3. The summed E-state index contributed by atoms with van der Waals surface area (Å²) in [5, 5.41) is 8.07. The normalized spacial score (nSPS) is 17.2. The Morgan fingerprint density at radius 1 is 1.23 bits per heavy atom. The Balaban J connectivity index is 1.55. The maximum atomic E-state index is 14.4. The van der Waals surface area contributed by atoms with Gasteiger partial charge in [0.25, 0.3) is 0 Å². The zero-order valence-corrected chi connectivity index (χ0v) is 15.3. The summed E-state index contributed by atoms with van der Waals surface area (Å²) >= 11 is 0. The molecule has 1 fully saturated rings. The number of halogens is 1. The lowest BCUT2D eigenvalue weighted by molar-refractivity contribution is 0.315. The molecule has 0 atom stereocenters. The molecule has 0 N–H and O–H groups in total. The minimum Gasteiger partial charge on any atom is -0.272 e. The van der Waals surface area contributed by atoms with Gasteiger partial charge >= 0.3 is 0 Å². The van der Waals surface area contributed by atoms with Crippen LogP contribution in [0.2, 0.25) is 0 Å². The lowest BCUT2D eigenvalue weighted by Crippen LogP contribution is -2.38. The second-order valence-electron chi connectivity index (χ2n) is 6.54. The monoisotopic (exact) mass is 378 g/mol. The molecule has 4 rings (SSSR count). The van der Waals surface area contributed by atoms with E-state index in [0.29, 0.717) is 42.8 Å². The third-order valence-electron chi connectivity index (χ3n) is 5.10. The maximum absolute atomic E-state index is 14.4. The molecule has 0 aromatic carbocycles. The van der Waals surface area contributed by atoms with Crippen LogP contribution >= 0.6 is 0 Å². The molecule has 0 bridgehead atoms. The van der Waals surface area contributed by atoms with Gasteiger partial charge in [-0.1, -0.05) is 0 Å². The van der Waals surface area contributed by atoms with Crippen LogP contribution in [0.5, 0.6) is 0 Å². The van der Waals surface area contributed by atoms with Gasteiger partial charge in [-0.25, -0.2) is 22.3 Å². The fraction of sp³-hybridized carbons (Fsp3) is 0.438. The van der Waals surface area contributed by atoms with Crippen LogP contribution in [0.25, 0.3) is 5.65 Å². The molecule has 1 aliphatic rings. The van der Waals surface area contributed by atoms with Gasteiger partial charge in [0.1, 0.15) is 17.0 Å². The summed E-state index contributed by atoms with van der Waals surface area (Å²) in [7, 11) is -1.87. The quantitative estimate of drug-likeness (QED) is 0.689. The van der Waals surface area contributed by atoms with Gasteiger partial charge < -0.3 is 0 Å². The van der Waals surface area contributed by atoms with Crippen molar-refractivity contribution in [1.82, 2.24) is 28.7 Å². The van der Waals surface area contributed by atoms with Gasteiger partial charge in [-0.2, -0.15) is 14.5 Å². The summed E-state index contributed by atoms with van der Waals surface area (Å²) in [5.41, 5.74) is 1.62. The number of fused-ring (bicyclic) bond motifs is 1. The zero-order valence-electron chi connectivity index (χ0n) is 14.5. The first-order valence-corrected chi connectivity index (χ1v) is 9.79. The van der Waals surface area contributed by atoms with Crippen LogP contribution in [0.3, 0.4) is 0 Å². The molecular formula is C16H19FN6O2S. The first-order valence-electron chi connectivity index (χ1n) is 8.35. The summed E-state index contributed by atoms with van der Waals surface area (Å²) in [6, 6.07) is 1.37. The van der Waals surface area contributed by atoms with Crippen LogP contribution in [0.4, 0.5) is 4.39 Å². The molecular weight excluding hydrogens is 359 g/mol. The van der Waals surface area contributed by atoms with E-state index in [1.807, 2.05) is 0 Å². The molecule has 0 radical (unpaired) electrons. The van der Waals surface area contributed by atoms with Gasteiger partial charge in [0.05, 0.1) is 11.9 Å². The highest BCUT2D eigenvalue weighted by atomic mass is 32.2. The molecule has 1 saturated heterocycles. The van der Waals surface area contributed by atoms with E-state index in [0.717, 1.165) is 0 Å². The largest absolute Gasteiger partial charge is 0.272 e. The van der Waals surface area contributed by atoms with Gasteiger partial charge in [-0.05, 0) is 25.7 Å². The lowest BCUT2D eigenvalue weighted by atomic mass is 9.91. The van der Waals surface area contributed by atoms with Crippen LogP contribution in [0.15, 0.2) is 29.7 Å². The van der Waals surface area contributed by atoms with E-state index in [9.17, 15) is 12.8 Å². The van der Waals surface area contributed by atoms with E-state index in [1.165, 1.54) is 22.9 Å². The van der Waals surface area contributed by atoms with E-state index in [-0.39, 0.29) is 16.6 Å². The van der Waals surface area contributed by atoms with E-state index in [1.54, 1.807) is 29.4 Å². The van der Waals surface area contributed by atoms with E-state index < -0.39 is 10.0 Å². The predicted octanol–water partition coefficient (Wildman–Crippen LogP) is 1.48. The topological polar surface area (TPSA) is 85.4 Å². The molecule has 138 valence electrons. The minimum absolute atomic E-state index is 0.0509. The molecule has 0 saturated carbocycles. The second kappa shape index (κ2) is 6.13. The Morgan fingerprint density at radius 3 is 2.62 bits per heavy atom. The molecule has 10 heteroatoms. The minimum atomic E-state index is -3.58. The van der Waals surface area contributed by atoms with Crippen LogP contribution in [0, 0.1) is 12.7 Å². The Labute approximate surface area is 150 Å². The summed E-state index contributed by atoms with van der Waals surface area (Å²) in [6.07, 6.45) is 5.52. The van der Waals surface area contributed by atoms with E-state index >= 15 is 0 Å². The summed E-state index contributed by atoms with van der Waals surface area (Å²) in [5.74, 6) is -0.375. The number of hydrogen-bond acceptors (Lipinski definition) is 5. The average Bonchev–Trinajstić information content (AvgIpc) is 3.21. The summed E-state index contributed by atoms with van der Waals surface area (Å²) in [6.45, 7) is 2.42. The second-order valence-corrected chi connectivity index (χ2v) is 8.44. The molecule has 0 aliphatic carbocycles. The molecule has 4 heterocycles. The van der Waals surface area contributed by atoms with Crippen molar-refractivity contribution in [3.63, 3.8) is 0 Å². The van der Waals surface area contributed by atoms with Crippen molar-refractivity contribution in [2.45, 2.75) is 30.6 Å². The number of piperidine rings is 1. The van der Waals surface area contributed by atoms with Crippen molar-refractivity contribution in [1.29, 1.82) is 0 Å². The zero-order chi connectivity index (χ0) is 18.5.